The standard InChI is InChI=1S/C28H38O5/c1-3-4-5-6-7-8-12-15-26(32-21-28(2)19-31-20-28)33-25-18-23(27(29)30)16-17-24(25)22-13-10-9-11-14-22/h9-11,13-14,16-18,26H,3-8,12,15,19-21H2,1-2H3,(H,29,30). The zero-order chi connectivity index (χ0) is 23.5. The summed E-state index contributed by atoms with van der Waals surface area (Å²) in [7, 11) is 0. The highest BCUT2D eigenvalue weighted by Crippen LogP contribution is 2.33. The number of hydrogen-bond acceptors (Lipinski definition) is 4. The van der Waals surface area contributed by atoms with Crippen molar-refractivity contribution in [3.05, 3.63) is 54.1 Å². The summed E-state index contributed by atoms with van der Waals surface area (Å²) < 4.78 is 18.0. The third-order valence-electron chi connectivity index (χ3n) is 6.13. The molecule has 2 aromatic rings. The first kappa shape index (κ1) is 25.3. The van der Waals surface area contributed by atoms with E-state index in [1.165, 1.54) is 32.1 Å². The molecule has 1 fully saturated rings. The van der Waals surface area contributed by atoms with Gasteiger partial charge >= 0.3 is 5.97 Å². The number of carboxylic acid groups (broad SMARTS) is 1. The van der Waals surface area contributed by atoms with Crippen molar-refractivity contribution in [2.24, 2.45) is 5.41 Å². The monoisotopic (exact) mass is 454 g/mol. The molecule has 180 valence electrons. The highest BCUT2D eigenvalue weighted by molar-refractivity contribution is 5.89. The molecule has 0 bridgehead atoms. The maximum absolute atomic E-state index is 11.6. The quantitative estimate of drug-likeness (QED) is 0.233. The number of rotatable bonds is 15. The molecule has 0 aromatic heterocycles. The molecule has 1 heterocycles. The van der Waals surface area contributed by atoms with Crippen molar-refractivity contribution in [2.45, 2.75) is 71.5 Å². The summed E-state index contributed by atoms with van der Waals surface area (Å²) in [6.45, 7) is 6.34. The van der Waals surface area contributed by atoms with Crippen LogP contribution in [0, 0.1) is 5.41 Å². The molecule has 0 saturated carbocycles. The summed E-state index contributed by atoms with van der Waals surface area (Å²) in [4.78, 5) is 11.6. The lowest BCUT2D eigenvalue weighted by molar-refractivity contribution is -0.179. The van der Waals surface area contributed by atoms with E-state index in [0.717, 1.165) is 30.4 Å². The molecule has 3 rings (SSSR count). The molecule has 0 spiro atoms. The number of hydrogen-bond donors (Lipinski definition) is 1. The predicted octanol–water partition coefficient (Wildman–Crippen LogP) is 6.95. The molecule has 1 unspecified atom stereocenters. The molecule has 1 saturated heterocycles. The topological polar surface area (TPSA) is 65.0 Å². The van der Waals surface area contributed by atoms with Crippen molar-refractivity contribution >= 4 is 5.97 Å². The molecule has 5 heteroatoms. The molecule has 0 aliphatic carbocycles. The Morgan fingerprint density at radius 2 is 1.73 bits per heavy atom. The van der Waals surface area contributed by atoms with E-state index in [1.54, 1.807) is 12.1 Å². The van der Waals surface area contributed by atoms with Crippen LogP contribution in [0.3, 0.4) is 0 Å². The van der Waals surface area contributed by atoms with Crippen LogP contribution in [-0.4, -0.2) is 37.2 Å². The number of unbranched alkanes of at least 4 members (excludes halogenated alkanes) is 6. The molecule has 2 aromatic carbocycles. The van der Waals surface area contributed by atoms with Crippen molar-refractivity contribution in [2.75, 3.05) is 19.8 Å². The second-order valence-electron chi connectivity index (χ2n) is 9.45. The third-order valence-corrected chi connectivity index (χ3v) is 6.13. The van der Waals surface area contributed by atoms with Crippen LogP contribution in [-0.2, 0) is 9.47 Å². The van der Waals surface area contributed by atoms with Crippen LogP contribution in [0.25, 0.3) is 11.1 Å². The number of carboxylic acids is 1. The van der Waals surface area contributed by atoms with Crippen LogP contribution in [0.1, 0.15) is 75.6 Å². The van der Waals surface area contributed by atoms with Gasteiger partial charge in [-0.2, -0.15) is 0 Å². The lowest BCUT2D eigenvalue weighted by Crippen LogP contribution is -2.45. The molecule has 0 amide bonds. The average Bonchev–Trinajstić information content (AvgIpc) is 2.81. The summed E-state index contributed by atoms with van der Waals surface area (Å²) in [5.41, 5.74) is 2.08. The zero-order valence-electron chi connectivity index (χ0n) is 20.1. The first-order chi connectivity index (χ1) is 16.0. The summed E-state index contributed by atoms with van der Waals surface area (Å²) in [5.74, 6) is -0.424. The van der Waals surface area contributed by atoms with E-state index < -0.39 is 12.3 Å². The Morgan fingerprint density at radius 3 is 2.36 bits per heavy atom. The normalized spacial score (nSPS) is 15.6. The molecule has 1 N–H and O–H groups in total. The Hall–Kier alpha value is -2.37. The SMILES string of the molecule is CCCCCCCCCC(OCC1(C)COC1)Oc1cc(C(=O)O)ccc1-c1ccccc1. The number of benzene rings is 2. The number of carbonyl (C=O) groups is 1. The molecule has 1 aliphatic rings. The van der Waals surface area contributed by atoms with E-state index in [1.807, 2.05) is 36.4 Å². The van der Waals surface area contributed by atoms with Crippen LogP contribution in [0.4, 0.5) is 0 Å². The maximum Gasteiger partial charge on any atom is 0.335 e. The van der Waals surface area contributed by atoms with Gasteiger partial charge in [-0.05, 0) is 30.2 Å². The average molecular weight is 455 g/mol. The van der Waals surface area contributed by atoms with E-state index in [2.05, 4.69) is 13.8 Å². The molecule has 1 atom stereocenters. The first-order valence-corrected chi connectivity index (χ1v) is 12.3. The molecular weight excluding hydrogens is 416 g/mol. The van der Waals surface area contributed by atoms with Gasteiger partial charge in [0.2, 0.25) is 0 Å². The molecule has 33 heavy (non-hydrogen) atoms. The summed E-state index contributed by atoms with van der Waals surface area (Å²) >= 11 is 0. The second kappa shape index (κ2) is 12.8. The van der Waals surface area contributed by atoms with Gasteiger partial charge in [-0.1, -0.05) is 82.7 Å². The van der Waals surface area contributed by atoms with Crippen LogP contribution in [0.2, 0.25) is 0 Å². The second-order valence-corrected chi connectivity index (χ2v) is 9.45. The largest absolute Gasteiger partial charge is 0.478 e. The number of ether oxygens (including phenoxy) is 3. The Kier molecular flexibility index (Phi) is 9.76. The van der Waals surface area contributed by atoms with Crippen LogP contribution < -0.4 is 4.74 Å². The minimum absolute atomic E-state index is 0.0208. The van der Waals surface area contributed by atoms with Gasteiger partial charge < -0.3 is 19.3 Å². The smallest absolute Gasteiger partial charge is 0.335 e. The molecule has 0 radical (unpaired) electrons. The van der Waals surface area contributed by atoms with Gasteiger partial charge in [0.1, 0.15) is 5.75 Å². The third kappa shape index (κ3) is 7.86. The minimum atomic E-state index is -0.969. The van der Waals surface area contributed by atoms with Crippen molar-refractivity contribution in [3.8, 4) is 16.9 Å². The van der Waals surface area contributed by atoms with Gasteiger partial charge in [0, 0.05) is 17.4 Å². The molecule has 1 aliphatic heterocycles. The van der Waals surface area contributed by atoms with Crippen LogP contribution >= 0.6 is 0 Å². The van der Waals surface area contributed by atoms with Crippen molar-refractivity contribution in [1.82, 2.24) is 0 Å². The van der Waals surface area contributed by atoms with Gasteiger partial charge in [0.25, 0.3) is 0 Å². The molecule has 5 nitrogen and oxygen atoms in total. The van der Waals surface area contributed by atoms with Crippen molar-refractivity contribution < 1.29 is 24.1 Å². The van der Waals surface area contributed by atoms with Crippen molar-refractivity contribution in [3.63, 3.8) is 0 Å². The van der Waals surface area contributed by atoms with Gasteiger partial charge in [0.05, 0.1) is 25.4 Å². The van der Waals surface area contributed by atoms with E-state index in [-0.39, 0.29) is 11.0 Å². The lowest BCUT2D eigenvalue weighted by Gasteiger charge is -2.38. The molecular formula is C28H38O5. The van der Waals surface area contributed by atoms with E-state index >= 15 is 0 Å². The lowest BCUT2D eigenvalue weighted by atomic mass is 9.90. The van der Waals surface area contributed by atoms with Gasteiger partial charge in [-0.25, -0.2) is 4.79 Å². The Morgan fingerprint density at radius 1 is 1.03 bits per heavy atom. The predicted molar refractivity (Wildman–Crippen MR) is 131 cm³/mol. The summed E-state index contributed by atoms with van der Waals surface area (Å²) in [5, 5.41) is 9.52. The minimum Gasteiger partial charge on any atom is -0.478 e. The summed E-state index contributed by atoms with van der Waals surface area (Å²) in [6, 6.07) is 14.9. The van der Waals surface area contributed by atoms with E-state index in [4.69, 9.17) is 14.2 Å². The Labute approximate surface area is 198 Å². The fourth-order valence-electron chi connectivity index (χ4n) is 4.02. The highest BCUT2D eigenvalue weighted by atomic mass is 16.7. The Bertz CT molecular complexity index is 860. The zero-order valence-corrected chi connectivity index (χ0v) is 20.1. The van der Waals surface area contributed by atoms with Gasteiger partial charge in [0.15, 0.2) is 6.29 Å². The number of aromatic carboxylic acids is 1. The van der Waals surface area contributed by atoms with Gasteiger partial charge in [-0.3, -0.25) is 0 Å². The first-order valence-electron chi connectivity index (χ1n) is 12.3. The van der Waals surface area contributed by atoms with E-state index in [9.17, 15) is 9.90 Å². The van der Waals surface area contributed by atoms with Crippen molar-refractivity contribution in [1.29, 1.82) is 0 Å². The highest BCUT2D eigenvalue weighted by Gasteiger charge is 2.34. The van der Waals surface area contributed by atoms with Crippen LogP contribution in [0.15, 0.2) is 48.5 Å². The fourth-order valence-corrected chi connectivity index (χ4v) is 4.02. The van der Waals surface area contributed by atoms with Crippen LogP contribution in [0.5, 0.6) is 5.75 Å². The maximum atomic E-state index is 11.6. The summed E-state index contributed by atoms with van der Waals surface area (Å²) in [6.07, 6.45) is 8.87. The van der Waals surface area contributed by atoms with E-state index in [0.29, 0.717) is 25.6 Å². The Balaban J connectivity index is 1.71. The van der Waals surface area contributed by atoms with Gasteiger partial charge in [-0.15, -0.1) is 0 Å². The fraction of sp³-hybridized carbons (Fsp3) is 0.536.